The Bertz CT molecular complexity index is 857. The quantitative estimate of drug-likeness (QED) is 0.633. The summed E-state index contributed by atoms with van der Waals surface area (Å²) in [6, 6.07) is 17.8. The van der Waals surface area contributed by atoms with Crippen molar-refractivity contribution in [2.45, 2.75) is 20.0 Å². The van der Waals surface area contributed by atoms with Crippen LogP contribution >= 0.6 is 0 Å². The fraction of sp³-hybridized carbons (Fsp3) is 0.200. The van der Waals surface area contributed by atoms with Crippen molar-refractivity contribution in [1.82, 2.24) is 9.47 Å². The van der Waals surface area contributed by atoms with Gasteiger partial charge in [0.15, 0.2) is 0 Å². The molecule has 2 aromatic carbocycles. The van der Waals surface area contributed by atoms with Crippen LogP contribution in [0.15, 0.2) is 61.2 Å². The van der Waals surface area contributed by atoms with Crippen molar-refractivity contribution in [3.8, 4) is 5.69 Å². The highest BCUT2D eigenvalue weighted by Gasteiger charge is 2.20. The smallest absolute Gasteiger partial charge is 0.0532 e. The molecule has 0 bridgehead atoms. The van der Waals surface area contributed by atoms with Crippen molar-refractivity contribution < 1.29 is 0 Å². The van der Waals surface area contributed by atoms with E-state index in [9.17, 15) is 0 Å². The van der Waals surface area contributed by atoms with Gasteiger partial charge in [-0.3, -0.25) is 4.90 Å². The van der Waals surface area contributed by atoms with E-state index >= 15 is 0 Å². The number of fused-ring (bicyclic) bond motifs is 5. The summed E-state index contributed by atoms with van der Waals surface area (Å²) < 4.78 is 2.42. The maximum absolute atomic E-state index is 3.90. The molecule has 2 nitrogen and oxygen atoms in total. The fourth-order valence-corrected chi connectivity index (χ4v) is 3.49. The molecule has 4 rings (SSSR count). The second kappa shape index (κ2) is 5.15. The Morgan fingerprint density at radius 2 is 1.95 bits per heavy atom. The third kappa shape index (κ3) is 2.08. The first-order valence-electron chi connectivity index (χ1n) is 7.79. The number of para-hydroxylation sites is 1. The van der Waals surface area contributed by atoms with Gasteiger partial charge in [-0.2, -0.15) is 0 Å². The van der Waals surface area contributed by atoms with Crippen LogP contribution in [0.1, 0.15) is 16.8 Å². The molecule has 2 heteroatoms. The van der Waals surface area contributed by atoms with Gasteiger partial charge in [-0.1, -0.05) is 35.9 Å². The Labute approximate surface area is 131 Å². The molecule has 1 aliphatic heterocycles. The van der Waals surface area contributed by atoms with Crippen LogP contribution < -0.4 is 0 Å². The molecule has 1 aromatic heterocycles. The van der Waals surface area contributed by atoms with Gasteiger partial charge >= 0.3 is 0 Å². The maximum Gasteiger partial charge on any atom is 0.0532 e. The van der Waals surface area contributed by atoms with Crippen LogP contribution in [0.3, 0.4) is 0 Å². The zero-order valence-corrected chi connectivity index (χ0v) is 12.9. The first-order chi connectivity index (χ1) is 10.8. The van der Waals surface area contributed by atoms with Crippen molar-refractivity contribution >= 4 is 10.9 Å². The predicted molar refractivity (Wildman–Crippen MR) is 92.3 cm³/mol. The van der Waals surface area contributed by atoms with Gasteiger partial charge < -0.3 is 4.57 Å². The van der Waals surface area contributed by atoms with E-state index in [0.29, 0.717) is 0 Å². The normalized spacial score (nSPS) is 14.4. The largest absolute Gasteiger partial charge is 0.312 e. The van der Waals surface area contributed by atoms with Crippen LogP contribution in [0.25, 0.3) is 16.6 Å². The van der Waals surface area contributed by atoms with Crippen molar-refractivity contribution in [2.75, 3.05) is 6.54 Å². The standard InChI is InChI=1S/C20H20N2/c1-3-10-21-13-16-6-4-5-7-19(16)22-18(14-21)12-17-11-15(2)8-9-20(17)22/h3-9,11-12H,1,10,13-14H2,2H3. The third-order valence-electron chi connectivity index (χ3n) is 4.43. The molecule has 0 saturated carbocycles. The third-order valence-corrected chi connectivity index (χ3v) is 4.43. The molecule has 1 aliphatic rings. The SMILES string of the molecule is C=CCN1Cc2ccccc2-n2c(cc3cc(C)ccc32)C1. The summed E-state index contributed by atoms with van der Waals surface area (Å²) in [6.07, 6.45) is 1.99. The summed E-state index contributed by atoms with van der Waals surface area (Å²) in [5.74, 6) is 0. The molecule has 0 amide bonds. The van der Waals surface area contributed by atoms with Gasteiger partial charge in [-0.05, 0) is 36.8 Å². The first kappa shape index (κ1) is 13.4. The molecule has 2 heterocycles. The molecular formula is C20H20N2. The van der Waals surface area contributed by atoms with Gasteiger partial charge in [-0.15, -0.1) is 6.58 Å². The van der Waals surface area contributed by atoms with E-state index < -0.39 is 0 Å². The fourth-order valence-electron chi connectivity index (χ4n) is 3.49. The van der Waals surface area contributed by atoms with Gasteiger partial charge in [0.25, 0.3) is 0 Å². The van der Waals surface area contributed by atoms with Crippen LogP contribution in [0, 0.1) is 6.92 Å². The average molecular weight is 288 g/mol. The number of hydrogen-bond acceptors (Lipinski definition) is 1. The summed E-state index contributed by atoms with van der Waals surface area (Å²) in [7, 11) is 0. The van der Waals surface area contributed by atoms with Crippen molar-refractivity contribution in [3.63, 3.8) is 0 Å². The van der Waals surface area contributed by atoms with Crippen molar-refractivity contribution in [1.29, 1.82) is 0 Å². The molecule has 0 spiro atoms. The lowest BCUT2D eigenvalue weighted by Crippen LogP contribution is -2.21. The van der Waals surface area contributed by atoms with E-state index in [0.717, 1.165) is 19.6 Å². The minimum Gasteiger partial charge on any atom is -0.312 e. The van der Waals surface area contributed by atoms with Crippen LogP contribution in [0.4, 0.5) is 0 Å². The lowest BCUT2D eigenvalue weighted by Gasteiger charge is -2.17. The number of nitrogens with zero attached hydrogens (tertiary/aromatic N) is 2. The second-order valence-corrected chi connectivity index (χ2v) is 6.12. The lowest BCUT2D eigenvalue weighted by atomic mass is 10.1. The molecule has 22 heavy (non-hydrogen) atoms. The number of benzene rings is 2. The molecular weight excluding hydrogens is 268 g/mol. The molecule has 0 atom stereocenters. The predicted octanol–water partition coefficient (Wildman–Crippen LogP) is 4.44. The molecule has 0 saturated heterocycles. The number of rotatable bonds is 2. The topological polar surface area (TPSA) is 8.17 Å². The Balaban J connectivity index is 2.00. The Hall–Kier alpha value is -2.32. The zero-order valence-electron chi connectivity index (χ0n) is 12.9. The number of aromatic nitrogens is 1. The second-order valence-electron chi connectivity index (χ2n) is 6.12. The monoisotopic (exact) mass is 288 g/mol. The Morgan fingerprint density at radius 3 is 2.82 bits per heavy atom. The molecule has 0 unspecified atom stereocenters. The van der Waals surface area contributed by atoms with E-state index in [1.165, 1.54) is 33.4 Å². The maximum atomic E-state index is 3.90. The van der Waals surface area contributed by atoms with Crippen LogP contribution in [-0.2, 0) is 13.1 Å². The summed E-state index contributed by atoms with van der Waals surface area (Å²) in [6.45, 7) is 8.89. The van der Waals surface area contributed by atoms with E-state index in [2.05, 4.69) is 71.5 Å². The van der Waals surface area contributed by atoms with E-state index in [1.54, 1.807) is 0 Å². The van der Waals surface area contributed by atoms with Gasteiger partial charge in [0.2, 0.25) is 0 Å². The summed E-state index contributed by atoms with van der Waals surface area (Å²) in [5.41, 5.74) is 6.65. The van der Waals surface area contributed by atoms with Gasteiger partial charge in [0.05, 0.1) is 11.2 Å². The molecule has 3 aromatic rings. The number of aryl methyl sites for hydroxylation is 1. The highest BCUT2D eigenvalue weighted by Crippen LogP contribution is 2.31. The van der Waals surface area contributed by atoms with Gasteiger partial charge in [0.1, 0.15) is 0 Å². The zero-order chi connectivity index (χ0) is 15.1. The van der Waals surface area contributed by atoms with Crippen LogP contribution in [-0.4, -0.2) is 16.0 Å². The summed E-state index contributed by atoms with van der Waals surface area (Å²) in [4.78, 5) is 2.44. The number of hydrogen-bond donors (Lipinski definition) is 0. The van der Waals surface area contributed by atoms with Crippen molar-refractivity contribution in [3.05, 3.63) is 78.0 Å². The Kier molecular flexibility index (Phi) is 3.12. The Morgan fingerprint density at radius 1 is 1.09 bits per heavy atom. The minimum absolute atomic E-state index is 0.912. The molecule has 0 fully saturated rings. The van der Waals surface area contributed by atoms with E-state index in [-0.39, 0.29) is 0 Å². The highest BCUT2D eigenvalue weighted by atomic mass is 15.2. The molecule has 0 N–H and O–H groups in total. The van der Waals surface area contributed by atoms with Crippen molar-refractivity contribution in [2.24, 2.45) is 0 Å². The summed E-state index contributed by atoms with van der Waals surface area (Å²) >= 11 is 0. The highest BCUT2D eigenvalue weighted by molar-refractivity contribution is 5.84. The van der Waals surface area contributed by atoms with E-state index in [1.807, 2.05) is 6.08 Å². The molecule has 110 valence electrons. The van der Waals surface area contributed by atoms with Crippen LogP contribution in [0.2, 0.25) is 0 Å². The lowest BCUT2D eigenvalue weighted by molar-refractivity contribution is 0.287. The van der Waals surface area contributed by atoms with Gasteiger partial charge in [0, 0.05) is 30.7 Å². The van der Waals surface area contributed by atoms with E-state index in [4.69, 9.17) is 0 Å². The summed E-state index contributed by atoms with van der Waals surface area (Å²) in [5, 5.41) is 1.32. The average Bonchev–Trinajstić information content (AvgIpc) is 2.77. The van der Waals surface area contributed by atoms with Gasteiger partial charge in [-0.25, -0.2) is 0 Å². The minimum atomic E-state index is 0.912. The molecule has 0 radical (unpaired) electrons. The first-order valence-corrected chi connectivity index (χ1v) is 7.79. The van der Waals surface area contributed by atoms with Crippen LogP contribution in [0.5, 0.6) is 0 Å². The molecule has 0 aliphatic carbocycles.